The highest BCUT2D eigenvalue weighted by Crippen LogP contribution is 2.05. The third-order valence-electron chi connectivity index (χ3n) is 2.88. The quantitative estimate of drug-likeness (QED) is 0.811. The van der Waals surface area contributed by atoms with E-state index < -0.39 is 0 Å². The van der Waals surface area contributed by atoms with Crippen LogP contribution in [0.5, 0.6) is 0 Å². The van der Waals surface area contributed by atoms with Crippen LogP contribution >= 0.6 is 12.2 Å². The molecule has 22 heavy (non-hydrogen) atoms. The summed E-state index contributed by atoms with van der Waals surface area (Å²) >= 11 is 5.38. The van der Waals surface area contributed by atoms with Crippen molar-refractivity contribution in [3.63, 3.8) is 0 Å². The van der Waals surface area contributed by atoms with Gasteiger partial charge in [0.15, 0.2) is 0 Å². The molecule has 0 fully saturated rings. The summed E-state index contributed by atoms with van der Waals surface area (Å²) in [5.74, 6) is -0.0283. The molecule has 7 nitrogen and oxygen atoms in total. The number of carbonyl (C=O) groups excluding carboxylic acids is 1. The van der Waals surface area contributed by atoms with Gasteiger partial charge in [0, 0.05) is 6.04 Å². The zero-order valence-corrected chi connectivity index (χ0v) is 13.7. The fourth-order valence-electron chi connectivity index (χ4n) is 1.99. The Hall–Kier alpha value is -2.06. The molecule has 8 heteroatoms. The predicted molar refractivity (Wildman–Crippen MR) is 86.1 cm³/mol. The summed E-state index contributed by atoms with van der Waals surface area (Å²) in [4.78, 5) is 13.6. The maximum atomic E-state index is 11.7. The van der Waals surface area contributed by atoms with Crippen molar-refractivity contribution >= 4 is 18.1 Å². The number of para-hydroxylation sites is 1. The highest BCUT2D eigenvalue weighted by Gasteiger charge is 2.11. The van der Waals surface area contributed by atoms with Crippen LogP contribution in [0.2, 0.25) is 0 Å². The second kappa shape index (κ2) is 7.28. The molecule has 0 aliphatic heterocycles. The molecule has 0 aliphatic carbocycles. The van der Waals surface area contributed by atoms with Crippen molar-refractivity contribution in [1.82, 2.24) is 30.0 Å². The monoisotopic (exact) mass is 320 g/mol. The number of rotatable bonds is 6. The van der Waals surface area contributed by atoms with Crippen molar-refractivity contribution in [1.29, 1.82) is 0 Å². The second-order valence-corrected chi connectivity index (χ2v) is 5.75. The van der Waals surface area contributed by atoms with E-state index in [4.69, 9.17) is 12.2 Å². The lowest BCUT2D eigenvalue weighted by Crippen LogP contribution is -2.39. The van der Waals surface area contributed by atoms with Crippen LogP contribution in [0.15, 0.2) is 30.3 Å². The molecule has 1 amide bonds. The van der Waals surface area contributed by atoms with Gasteiger partial charge in [-0.25, -0.2) is 4.68 Å². The molecule has 0 spiro atoms. The molecule has 1 aromatic heterocycles. The molecule has 0 bridgehead atoms. The number of tetrazole rings is 1. The number of amides is 1. The first-order valence-electron chi connectivity index (χ1n) is 7.03. The summed E-state index contributed by atoms with van der Waals surface area (Å²) in [7, 11) is 1.84. The molecule has 118 valence electrons. The fourth-order valence-corrected chi connectivity index (χ4v) is 2.22. The van der Waals surface area contributed by atoms with Gasteiger partial charge in [-0.15, -0.1) is 0 Å². The molecular formula is C14H20N6OS. The van der Waals surface area contributed by atoms with Gasteiger partial charge in [-0.05, 0) is 55.7 Å². The van der Waals surface area contributed by atoms with Crippen molar-refractivity contribution in [2.75, 3.05) is 13.6 Å². The van der Waals surface area contributed by atoms with Crippen LogP contribution in [0, 0.1) is 4.77 Å². The molecule has 1 aromatic carbocycles. The van der Waals surface area contributed by atoms with Crippen molar-refractivity contribution < 1.29 is 4.79 Å². The molecule has 2 aromatic rings. The molecule has 2 rings (SSSR count). The van der Waals surface area contributed by atoms with E-state index in [1.165, 1.54) is 0 Å². The third-order valence-corrected chi connectivity index (χ3v) is 3.26. The Kier molecular flexibility index (Phi) is 5.40. The van der Waals surface area contributed by atoms with Crippen LogP contribution in [0.4, 0.5) is 0 Å². The minimum Gasteiger partial charge on any atom is -0.353 e. The normalized spacial score (nSPS) is 11.1. The standard InChI is InChI=1S/C14H20N6OS/c1-11(2)15-13(21)9-18(3)10-19-14(22)20(17-16-19)12-7-5-4-6-8-12/h4-8,11H,9-10H2,1-3H3,(H,15,21). The number of likely N-dealkylation sites (N-methyl/N-ethyl adjacent to an activating group) is 1. The number of hydrogen-bond donors (Lipinski definition) is 1. The van der Waals surface area contributed by atoms with E-state index >= 15 is 0 Å². The van der Waals surface area contributed by atoms with E-state index in [-0.39, 0.29) is 18.5 Å². The smallest absolute Gasteiger partial charge is 0.234 e. The summed E-state index contributed by atoms with van der Waals surface area (Å²) in [6.07, 6.45) is 0. The van der Waals surface area contributed by atoms with Gasteiger partial charge in [0.05, 0.1) is 18.9 Å². The zero-order chi connectivity index (χ0) is 16.1. The third kappa shape index (κ3) is 4.22. The van der Waals surface area contributed by atoms with Crippen molar-refractivity contribution in [2.45, 2.75) is 26.6 Å². The largest absolute Gasteiger partial charge is 0.353 e. The molecule has 1 N–H and O–H groups in total. The maximum Gasteiger partial charge on any atom is 0.234 e. The zero-order valence-electron chi connectivity index (χ0n) is 12.9. The number of nitrogens with one attached hydrogen (secondary N) is 1. The highest BCUT2D eigenvalue weighted by molar-refractivity contribution is 7.71. The van der Waals surface area contributed by atoms with Crippen molar-refractivity contribution in [2.24, 2.45) is 0 Å². The van der Waals surface area contributed by atoms with Crippen molar-refractivity contribution in [3.8, 4) is 5.69 Å². The Morgan fingerprint density at radius 3 is 2.64 bits per heavy atom. The van der Waals surface area contributed by atoms with Crippen LogP contribution < -0.4 is 5.32 Å². The van der Waals surface area contributed by atoms with Gasteiger partial charge in [-0.3, -0.25) is 9.69 Å². The molecule has 0 saturated carbocycles. The summed E-state index contributed by atoms with van der Waals surface area (Å²) in [5, 5.41) is 11.0. The Labute approximate surface area is 134 Å². The Bertz CT molecular complexity index is 678. The van der Waals surface area contributed by atoms with Gasteiger partial charge >= 0.3 is 0 Å². The topological polar surface area (TPSA) is 68.0 Å². The predicted octanol–water partition coefficient (Wildman–Crippen LogP) is 1.21. The van der Waals surface area contributed by atoms with Gasteiger partial charge in [-0.1, -0.05) is 18.2 Å². The summed E-state index contributed by atoms with van der Waals surface area (Å²) in [6, 6.07) is 9.71. The number of aromatic nitrogens is 4. The van der Waals surface area contributed by atoms with Gasteiger partial charge < -0.3 is 5.32 Å². The molecular weight excluding hydrogens is 300 g/mol. The molecule has 0 atom stereocenters. The number of benzene rings is 1. The SMILES string of the molecule is CC(C)NC(=O)CN(C)Cn1nnn(-c2ccccc2)c1=S. The first-order valence-corrected chi connectivity index (χ1v) is 7.44. The second-order valence-electron chi connectivity index (χ2n) is 5.39. The van der Waals surface area contributed by atoms with Crippen LogP contribution in [0.25, 0.3) is 5.69 Å². The van der Waals surface area contributed by atoms with E-state index in [2.05, 4.69) is 15.7 Å². The molecule has 1 heterocycles. The van der Waals surface area contributed by atoms with Gasteiger partial charge in [0.2, 0.25) is 10.7 Å². The Morgan fingerprint density at radius 1 is 1.32 bits per heavy atom. The minimum atomic E-state index is -0.0283. The van der Waals surface area contributed by atoms with Crippen LogP contribution in [-0.2, 0) is 11.5 Å². The Morgan fingerprint density at radius 2 is 2.00 bits per heavy atom. The number of hydrogen-bond acceptors (Lipinski definition) is 5. The Balaban J connectivity index is 2.04. The molecule has 0 radical (unpaired) electrons. The van der Waals surface area contributed by atoms with E-state index in [1.54, 1.807) is 9.36 Å². The van der Waals surface area contributed by atoms with Crippen LogP contribution in [0.1, 0.15) is 13.8 Å². The first kappa shape index (κ1) is 16.3. The lowest BCUT2D eigenvalue weighted by molar-refractivity contribution is -0.122. The fraction of sp³-hybridized carbons (Fsp3) is 0.429. The lowest BCUT2D eigenvalue weighted by Gasteiger charge is -2.16. The van der Waals surface area contributed by atoms with Crippen LogP contribution in [0.3, 0.4) is 0 Å². The molecule has 0 unspecified atom stereocenters. The molecule has 0 aliphatic rings. The average molecular weight is 320 g/mol. The first-order chi connectivity index (χ1) is 10.5. The van der Waals surface area contributed by atoms with E-state index in [0.717, 1.165) is 5.69 Å². The summed E-state index contributed by atoms with van der Waals surface area (Å²) in [6.45, 7) is 4.54. The van der Waals surface area contributed by atoms with E-state index in [0.29, 0.717) is 11.4 Å². The molecule has 0 saturated heterocycles. The van der Waals surface area contributed by atoms with Crippen molar-refractivity contribution in [3.05, 3.63) is 35.1 Å². The number of nitrogens with zero attached hydrogens (tertiary/aromatic N) is 5. The van der Waals surface area contributed by atoms with Gasteiger partial charge in [-0.2, -0.15) is 4.68 Å². The average Bonchev–Trinajstić information content (AvgIpc) is 2.80. The lowest BCUT2D eigenvalue weighted by atomic mass is 10.3. The maximum absolute atomic E-state index is 11.7. The van der Waals surface area contributed by atoms with Gasteiger partial charge in [0.25, 0.3) is 0 Å². The van der Waals surface area contributed by atoms with E-state index in [9.17, 15) is 4.79 Å². The minimum absolute atomic E-state index is 0.0283. The van der Waals surface area contributed by atoms with Gasteiger partial charge in [0.1, 0.15) is 0 Å². The summed E-state index contributed by atoms with van der Waals surface area (Å²) in [5.41, 5.74) is 0.860. The summed E-state index contributed by atoms with van der Waals surface area (Å²) < 4.78 is 3.67. The highest BCUT2D eigenvalue weighted by atomic mass is 32.1. The van der Waals surface area contributed by atoms with E-state index in [1.807, 2.05) is 56.1 Å². The number of carbonyl (C=O) groups is 1. The van der Waals surface area contributed by atoms with Crippen LogP contribution in [-0.4, -0.2) is 50.2 Å².